The molecule has 8 heteroatoms. The van der Waals surface area contributed by atoms with E-state index in [9.17, 15) is 9.59 Å². The van der Waals surface area contributed by atoms with Crippen molar-refractivity contribution in [1.82, 2.24) is 19.8 Å². The van der Waals surface area contributed by atoms with E-state index < -0.39 is 0 Å². The second kappa shape index (κ2) is 6.71. The minimum atomic E-state index is -0.207. The highest BCUT2D eigenvalue weighted by molar-refractivity contribution is 6.29. The van der Waals surface area contributed by atoms with Gasteiger partial charge >= 0.3 is 0 Å². The molecule has 2 aliphatic rings. The van der Waals surface area contributed by atoms with Crippen LogP contribution in [-0.4, -0.2) is 45.9 Å². The number of aryl methyl sites for hydroxylation is 1. The minimum Gasteiger partial charge on any atom is -0.440 e. The maximum Gasteiger partial charge on any atom is 0.289 e. The molecule has 0 bridgehead atoms. The number of imidazole rings is 1. The lowest BCUT2D eigenvalue weighted by Gasteiger charge is -2.20. The first-order chi connectivity index (χ1) is 12.9. The third-order valence-corrected chi connectivity index (χ3v) is 6.02. The van der Waals surface area contributed by atoms with Gasteiger partial charge in [0.15, 0.2) is 11.0 Å². The van der Waals surface area contributed by atoms with E-state index in [4.69, 9.17) is 16.0 Å². The Hall–Kier alpha value is -2.28. The number of nitrogens with zero attached hydrogens (tertiary/aromatic N) is 3. The molecule has 1 saturated carbocycles. The van der Waals surface area contributed by atoms with Crippen LogP contribution in [0.1, 0.15) is 41.9 Å². The van der Waals surface area contributed by atoms with Crippen LogP contribution in [0.5, 0.6) is 0 Å². The van der Waals surface area contributed by atoms with E-state index in [2.05, 4.69) is 10.3 Å². The Balaban J connectivity index is 1.50. The molecule has 2 aromatic heterocycles. The summed E-state index contributed by atoms with van der Waals surface area (Å²) in [5, 5.41) is 3.29. The lowest BCUT2D eigenvalue weighted by molar-refractivity contribution is -0.125. The van der Waals surface area contributed by atoms with E-state index in [0.29, 0.717) is 19.6 Å². The monoisotopic (exact) mass is 390 g/mol. The Labute approximate surface area is 162 Å². The fourth-order valence-electron chi connectivity index (χ4n) is 3.74. The van der Waals surface area contributed by atoms with Gasteiger partial charge < -0.3 is 19.2 Å². The van der Waals surface area contributed by atoms with Crippen molar-refractivity contribution in [3.63, 3.8) is 0 Å². The summed E-state index contributed by atoms with van der Waals surface area (Å²) >= 11 is 5.81. The summed E-state index contributed by atoms with van der Waals surface area (Å²) in [6.45, 7) is 3.62. The Bertz CT molecular complexity index is 870. The summed E-state index contributed by atoms with van der Waals surface area (Å²) in [5.74, 6) is 0.366. The Morgan fingerprint density at radius 1 is 1.37 bits per heavy atom. The number of hydrogen-bond acceptors (Lipinski definition) is 4. The molecule has 27 heavy (non-hydrogen) atoms. The van der Waals surface area contributed by atoms with Gasteiger partial charge in [-0.3, -0.25) is 9.59 Å². The Morgan fingerprint density at radius 3 is 2.74 bits per heavy atom. The summed E-state index contributed by atoms with van der Waals surface area (Å²) in [6.07, 6.45) is 5.48. The van der Waals surface area contributed by atoms with Gasteiger partial charge in [-0.05, 0) is 36.6 Å². The molecule has 144 valence electrons. The smallest absolute Gasteiger partial charge is 0.289 e. The van der Waals surface area contributed by atoms with Crippen LogP contribution in [0.25, 0.3) is 0 Å². The standard InChI is InChI=1S/C19H23ClN4O3/c1-19(5-6-19)18(26)22-7-12-9-24(17(25)15-3-4-16(20)27-15)10-13(12)14-8-21-11-23(14)2/h3-4,8,11-13H,5-7,9-10H2,1-2H3,(H,22,26)/t12-,13-/m1/s1. The maximum absolute atomic E-state index is 12.8. The van der Waals surface area contributed by atoms with E-state index in [1.165, 1.54) is 0 Å². The molecule has 0 spiro atoms. The first-order valence-electron chi connectivity index (χ1n) is 9.16. The molecular weight excluding hydrogens is 368 g/mol. The SMILES string of the molecule is Cn1cncc1[C@@H]1CN(C(=O)c2ccc(Cl)o2)C[C@H]1CNC(=O)C1(C)CC1. The largest absolute Gasteiger partial charge is 0.440 e. The molecule has 2 amide bonds. The zero-order valence-electron chi connectivity index (χ0n) is 15.4. The number of furan rings is 1. The number of carbonyl (C=O) groups is 2. The highest BCUT2D eigenvalue weighted by Gasteiger charge is 2.45. The molecule has 4 rings (SSSR count). The lowest BCUT2D eigenvalue weighted by atomic mass is 9.92. The normalized spacial score (nSPS) is 23.4. The van der Waals surface area contributed by atoms with E-state index in [0.717, 1.165) is 18.5 Å². The van der Waals surface area contributed by atoms with Crippen LogP contribution in [0, 0.1) is 11.3 Å². The highest BCUT2D eigenvalue weighted by Crippen LogP contribution is 2.45. The number of carbonyl (C=O) groups excluding carboxylic acids is 2. The quantitative estimate of drug-likeness (QED) is 0.850. The summed E-state index contributed by atoms with van der Waals surface area (Å²) in [7, 11) is 1.94. The highest BCUT2D eigenvalue weighted by atomic mass is 35.5. The van der Waals surface area contributed by atoms with Crippen molar-refractivity contribution in [2.75, 3.05) is 19.6 Å². The van der Waals surface area contributed by atoms with Crippen LogP contribution in [0.4, 0.5) is 0 Å². The average molecular weight is 391 g/mol. The summed E-state index contributed by atoms with van der Waals surface area (Å²) in [4.78, 5) is 31.1. The number of nitrogens with one attached hydrogen (secondary N) is 1. The van der Waals surface area contributed by atoms with Gasteiger partial charge in [-0.25, -0.2) is 4.98 Å². The molecule has 7 nitrogen and oxygen atoms in total. The number of likely N-dealkylation sites (tertiary alicyclic amines) is 1. The molecule has 1 N–H and O–H groups in total. The molecule has 2 aromatic rings. The molecule has 0 radical (unpaired) electrons. The van der Waals surface area contributed by atoms with Crippen LogP contribution >= 0.6 is 11.6 Å². The second-order valence-electron chi connectivity index (χ2n) is 7.88. The average Bonchev–Trinajstić information content (AvgIpc) is 3.01. The van der Waals surface area contributed by atoms with E-state index in [-0.39, 0.29) is 40.0 Å². The van der Waals surface area contributed by atoms with Crippen LogP contribution in [0.15, 0.2) is 29.1 Å². The minimum absolute atomic E-state index is 0.0965. The van der Waals surface area contributed by atoms with Gasteiger partial charge in [0.05, 0.1) is 6.33 Å². The maximum atomic E-state index is 12.8. The number of halogens is 1. The van der Waals surface area contributed by atoms with Crippen LogP contribution in [0.3, 0.4) is 0 Å². The van der Waals surface area contributed by atoms with Crippen molar-refractivity contribution in [3.05, 3.63) is 41.3 Å². The Morgan fingerprint density at radius 2 is 2.15 bits per heavy atom. The molecule has 1 aliphatic heterocycles. The first kappa shape index (κ1) is 18.1. The van der Waals surface area contributed by atoms with Crippen LogP contribution in [0.2, 0.25) is 5.22 Å². The molecule has 2 atom stereocenters. The van der Waals surface area contributed by atoms with Crippen LogP contribution < -0.4 is 5.32 Å². The predicted octanol–water partition coefficient (Wildman–Crippen LogP) is 2.44. The lowest BCUT2D eigenvalue weighted by Crippen LogP contribution is -2.36. The van der Waals surface area contributed by atoms with Gasteiger partial charge in [-0.15, -0.1) is 0 Å². The number of hydrogen-bond donors (Lipinski definition) is 1. The number of aromatic nitrogens is 2. The summed E-state index contributed by atoms with van der Waals surface area (Å²) < 4.78 is 7.25. The third kappa shape index (κ3) is 3.48. The van der Waals surface area contributed by atoms with Gasteiger partial charge in [0.1, 0.15) is 0 Å². The second-order valence-corrected chi connectivity index (χ2v) is 8.25. The summed E-state index contributed by atoms with van der Waals surface area (Å²) in [6, 6.07) is 3.16. The zero-order chi connectivity index (χ0) is 19.2. The van der Waals surface area contributed by atoms with Crippen molar-refractivity contribution in [1.29, 1.82) is 0 Å². The molecule has 0 unspecified atom stereocenters. The predicted molar refractivity (Wildman–Crippen MR) is 99.4 cm³/mol. The van der Waals surface area contributed by atoms with Crippen LogP contribution in [-0.2, 0) is 11.8 Å². The molecule has 2 fully saturated rings. The van der Waals surface area contributed by atoms with Crippen molar-refractivity contribution in [2.24, 2.45) is 18.4 Å². The topological polar surface area (TPSA) is 80.4 Å². The summed E-state index contributed by atoms with van der Waals surface area (Å²) in [5.41, 5.74) is 0.848. The van der Waals surface area contributed by atoms with Gasteiger partial charge in [-0.1, -0.05) is 6.92 Å². The number of amides is 2. The van der Waals surface area contributed by atoms with Crippen molar-refractivity contribution in [2.45, 2.75) is 25.7 Å². The molecule has 0 aromatic carbocycles. The fraction of sp³-hybridized carbons (Fsp3) is 0.526. The zero-order valence-corrected chi connectivity index (χ0v) is 16.2. The fourth-order valence-corrected chi connectivity index (χ4v) is 3.89. The van der Waals surface area contributed by atoms with E-state index in [1.807, 2.05) is 24.7 Å². The van der Waals surface area contributed by atoms with E-state index in [1.54, 1.807) is 23.4 Å². The van der Waals surface area contributed by atoms with Gasteiger partial charge in [0.25, 0.3) is 5.91 Å². The first-order valence-corrected chi connectivity index (χ1v) is 9.54. The molecular formula is C19H23ClN4O3. The van der Waals surface area contributed by atoms with Crippen molar-refractivity contribution in [3.8, 4) is 0 Å². The van der Waals surface area contributed by atoms with Crippen molar-refractivity contribution >= 4 is 23.4 Å². The Kier molecular flexibility index (Phi) is 4.50. The molecule has 3 heterocycles. The number of rotatable bonds is 5. The molecule has 1 aliphatic carbocycles. The van der Waals surface area contributed by atoms with Gasteiger partial charge in [0.2, 0.25) is 5.91 Å². The molecule has 1 saturated heterocycles. The third-order valence-electron chi connectivity index (χ3n) is 5.82. The van der Waals surface area contributed by atoms with Gasteiger partial charge in [-0.2, -0.15) is 0 Å². The van der Waals surface area contributed by atoms with Gasteiger partial charge in [0, 0.05) is 55.8 Å². The van der Waals surface area contributed by atoms with E-state index >= 15 is 0 Å². The van der Waals surface area contributed by atoms with Crippen molar-refractivity contribution < 1.29 is 14.0 Å².